The van der Waals surface area contributed by atoms with Crippen molar-refractivity contribution in [3.05, 3.63) is 11.6 Å². The lowest BCUT2D eigenvalue weighted by Gasteiger charge is -1.99. The minimum atomic E-state index is -0.870. The second-order valence-electron chi connectivity index (χ2n) is 3.50. The molecule has 74 valence electrons. The molecule has 13 heavy (non-hydrogen) atoms. The number of aliphatic carboxylic acids is 1. The van der Waals surface area contributed by atoms with E-state index in [0.29, 0.717) is 12.2 Å². The van der Waals surface area contributed by atoms with Gasteiger partial charge in [0.05, 0.1) is 6.61 Å². The van der Waals surface area contributed by atoms with Crippen molar-refractivity contribution in [2.45, 2.75) is 26.2 Å². The minimum Gasteiger partial charge on any atom is -0.478 e. The van der Waals surface area contributed by atoms with Crippen LogP contribution in [0.5, 0.6) is 0 Å². The lowest BCUT2D eigenvalue weighted by molar-refractivity contribution is -0.132. The van der Waals surface area contributed by atoms with Crippen molar-refractivity contribution < 1.29 is 14.6 Å². The Bertz CT molecular complexity index is 204. The van der Waals surface area contributed by atoms with Gasteiger partial charge in [-0.25, -0.2) is 4.79 Å². The van der Waals surface area contributed by atoms with Crippen LogP contribution in [0.4, 0.5) is 0 Å². The van der Waals surface area contributed by atoms with Crippen molar-refractivity contribution in [1.29, 1.82) is 0 Å². The Kier molecular flexibility index (Phi) is 3.96. The Labute approximate surface area is 78.4 Å². The number of rotatable bonds is 6. The van der Waals surface area contributed by atoms with Gasteiger partial charge in [0, 0.05) is 12.2 Å². The van der Waals surface area contributed by atoms with Crippen LogP contribution in [0.25, 0.3) is 0 Å². The van der Waals surface area contributed by atoms with Crippen LogP contribution in [0.1, 0.15) is 26.2 Å². The first-order valence-electron chi connectivity index (χ1n) is 4.68. The molecule has 0 aromatic carbocycles. The van der Waals surface area contributed by atoms with Gasteiger partial charge in [0.15, 0.2) is 0 Å². The van der Waals surface area contributed by atoms with E-state index in [9.17, 15) is 4.79 Å². The minimum absolute atomic E-state index is 0.353. The highest BCUT2D eigenvalue weighted by atomic mass is 16.5. The molecular formula is C10H16O3. The number of carbonyl (C=O) groups is 1. The van der Waals surface area contributed by atoms with Gasteiger partial charge < -0.3 is 9.84 Å². The average molecular weight is 184 g/mol. The number of hydrogen-bond acceptors (Lipinski definition) is 2. The SMILES string of the molecule is CC(=CCOCCC1CC1)C(=O)O. The summed E-state index contributed by atoms with van der Waals surface area (Å²) >= 11 is 0. The molecular weight excluding hydrogens is 168 g/mol. The fourth-order valence-electron chi connectivity index (χ4n) is 1.01. The van der Waals surface area contributed by atoms with E-state index in [2.05, 4.69) is 0 Å². The molecule has 0 aromatic heterocycles. The number of ether oxygens (including phenoxy) is 1. The molecule has 1 aliphatic rings. The first-order valence-corrected chi connectivity index (χ1v) is 4.68. The van der Waals surface area contributed by atoms with Gasteiger partial charge in [-0.05, 0) is 25.3 Å². The smallest absolute Gasteiger partial charge is 0.331 e. The van der Waals surface area contributed by atoms with Gasteiger partial charge in [-0.15, -0.1) is 0 Å². The quantitative estimate of drug-likeness (QED) is 0.506. The second-order valence-corrected chi connectivity index (χ2v) is 3.50. The lowest BCUT2D eigenvalue weighted by atomic mass is 10.3. The van der Waals surface area contributed by atoms with Crippen LogP contribution in [0.3, 0.4) is 0 Å². The molecule has 1 fully saturated rings. The largest absolute Gasteiger partial charge is 0.478 e. The number of carboxylic acids is 1. The Morgan fingerprint density at radius 1 is 1.62 bits per heavy atom. The molecule has 0 bridgehead atoms. The van der Waals surface area contributed by atoms with Gasteiger partial charge >= 0.3 is 5.97 Å². The van der Waals surface area contributed by atoms with E-state index >= 15 is 0 Å². The van der Waals surface area contributed by atoms with E-state index in [-0.39, 0.29) is 0 Å². The molecule has 0 radical (unpaired) electrons. The fraction of sp³-hybridized carbons (Fsp3) is 0.700. The zero-order chi connectivity index (χ0) is 9.68. The normalized spacial score (nSPS) is 17.5. The Morgan fingerprint density at radius 2 is 2.31 bits per heavy atom. The van der Waals surface area contributed by atoms with Gasteiger partial charge in [0.1, 0.15) is 0 Å². The predicted octanol–water partition coefficient (Wildman–Crippen LogP) is 1.83. The molecule has 0 aliphatic heterocycles. The van der Waals surface area contributed by atoms with Crippen LogP contribution in [0, 0.1) is 5.92 Å². The highest BCUT2D eigenvalue weighted by Crippen LogP contribution is 2.31. The van der Waals surface area contributed by atoms with Crippen LogP contribution < -0.4 is 0 Å². The van der Waals surface area contributed by atoms with Gasteiger partial charge in [-0.2, -0.15) is 0 Å². The molecule has 0 unspecified atom stereocenters. The van der Waals surface area contributed by atoms with Crippen LogP contribution in [0.15, 0.2) is 11.6 Å². The summed E-state index contributed by atoms with van der Waals surface area (Å²) in [5, 5.41) is 8.51. The summed E-state index contributed by atoms with van der Waals surface area (Å²) in [6, 6.07) is 0. The van der Waals surface area contributed by atoms with Crippen molar-refractivity contribution in [1.82, 2.24) is 0 Å². The molecule has 1 saturated carbocycles. The molecule has 1 aliphatic carbocycles. The summed E-state index contributed by atoms with van der Waals surface area (Å²) < 4.78 is 5.27. The molecule has 0 spiro atoms. The van der Waals surface area contributed by atoms with Crippen LogP contribution in [0.2, 0.25) is 0 Å². The van der Waals surface area contributed by atoms with Crippen LogP contribution >= 0.6 is 0 Å². The van der Waals surface area contributed by atoms with E-state index in [1.54, 1.807) is 13.0 Å². The highest BCUT2D eigenvalue weighted by molar-refractivity contribution is 5.85. The average Bonchev–Trinajstić information content (AvgIpc) is 2.87. The molecule has 0 aromatic rings. The van der Waals surface area contributed by atoms with E-state index in [0.717, 1.165) is 18.9 Å². The molecule has 3 nitrogen and oxygen atoms in total. The zero-order valence-corrected chi connectivity index (χ0v) is 7.95. The molecule has 0 saturated heterocycles. The molecule has 0 atom stereocenters. The van der Waals surface area contributed by atoms with Crippen molar-refractivity contribution in [3.8, 4) is 0 Å². The van der Waals surface area contributed by atoms with Crippen molar-refractivity contribution >= 4 is 5.97 Å². The molecule has 0 heterocycles. The Hall–Kier alpha value is -0.830. The monoisotopic (exact) mass is 184 g/mol. The summed E-state index contributed by atoms with van der Waals surface area (Å²) in [7, 11) is 0. The standard InChI is InChI=1S/C10H16O3/c1-8(10(11)12)4-6-13-7-5-9-2-3-9/h4,9H,2-3,5-7H2,1H3,(H,11,12). The third kappa shape index (κ3) is 4.68. The third-order valence-corrected chi connectivity index (χ3v) is 2.21. The first-order chi connectivity index (χ1) is 6.20. The van der Waals surface area contributed by atoms with E-state index in [1.165, 1.54) is 12.8 Å². The van der Waals surface area contributed by atoms with Gasteiger partial charge in [-0.1, -0.05) is 12.8 Å². The van der Waals surface area contributed by atoms with Crippen molar-refractivity contribution in [2.75, 3.05) is 13.2 Å². The van der Waals surface area contributed by atoms with Gasteiger partial charge in [0.25, 0.3) is 0 Å². The maximum absolute atomic E-state index is 10.4. The first kappa shape index (κ1) is 10.3. The molecule has 3 heteroatoms. The van der Waals surface area contributed by atoms with E-state index < -0.39 is 5.97 Å². The van der Waals surface area contributed by atoms with E-state index in [4.69, 9.17) is 9.84 Å². The van der Waals surface area contributed by atoms with Crippen molar-refractivity contribution in [3.63, 3.8) is 0 Å². The maximum atomic E-state index is 10.4. The third-order valence-electron chi connectivity index (χ3n) is 2.21. The summed E-state index contributed by atoms with van der Waals surface area (Å²) in [5.41, 5.74) is 0.353. The second kappa shape index (κ2) is 5.02. The topological polar surface area (TPSA) is 46.5 Å². The summed E-state index contributed by atoms with van der Waals surface area (Å²) in [6.07, 6.45) is 5.41. The number of carboxylic acid groups (broad SMARTS) is 1. The zero-order valence-electron chi connectivity index (χ0n) is 7.95. The van der Waals surface area contributed by atoms with Crippen molar-refractivity contribution in [2.24, 2.45) is 5.92 Å². The molecule has 1 N–H and O–H groups in total. The maximum Gasteiger partial charge on any atom is 0.331 e. The van der Waals surface area contributed by atoms with E-state index in [1.807, 2.05) is 0 Å². The van der Waals surface area contributed by atoms with Gasteiger partial charge in [0.2, 0.25) is 0 Å². The van der Waals surface area contributed by atoms with Crippen LogP contribution in [-0.2, 0) is 9.53 Å². The predicted molar refractivity (Wildman–Crippen MR) is 49.6 cm³/mol. The summed E-state index contributed by atoms with van der Waals surface area (Å²) in [6.45, 7) is 2.76. The van der Waals surface area contributed by atoms with Crippen LogP contribution in [-0.4, -0.2) is 24.3 Å². The summed E-state index contributed by atoms with van der Waals surface area (Å²) in [5.74, 6) is 0.00958. The molecule has 1 rings (SSSR count). The Morgan fingerprint density at radius 3 is 2.85 bits per heavy atom. The fourth-order valence-corrected chi connectivity index (χ4v) is 1.01. The Balaban J connectivity index is 1.98. The lowest BCUT2D eigenvalue weighted by Crippen LogP contribution is -2.00. The highest BCUT2D eigenvalue weighted by Gasteiger charge is 2.20. The summed E-state index contributed by atoms with van der Waals surface area (Å²) in [4.78, 5) is 10.4. The van der Waals surface area contributed by atoms with Gasteiger partial charge in [-0.3, -0.25) is 0 Å². The number of hydrogen-bond donors (Lipinski definition) is 1. The molecule has 0 amide bonds.